The zero-order valence-electron chi connectivity index (χ0n) is 23.3. The second-order valence-electron chi connectivity index (χ2n) is 11.0. The Hall–Kier alpha value is -4.29. The first-order chi connectivity index (χ1) is 20.7. The summed E-state index contributed by atoms with van der Waals surface area (Å²) in [5.41, 5.74) is 5.17. The van der Waals surface area contributed by atoms with Crippen molar-refractivity contribution in [1.29, 1.82) is 0 Å². The Morgan fingerprint density at radius 3 is 1.88 bits per heavy atom. The van der Waals surface area contributed by atoms with E-state index in [0.29, 0.717) is 12.0 Å². The van der Waals surface area contributed by atoms with Gasteiger partial charge in [-0.2, -0.15) is 10.1 Å². The average Bonchev–Trinajstić information content (AvgIpc) is 3.43. The van der Waals surface area contributed by atoms with E-state index in [0.717, 1.165) is 56.3 Å². The molecule has 5 nitrogen and oxygen atoms in total. The predicted molar refractivity (Wildman–Crippen MR) is 174 cm³/mol. The highest BCUT2D eigenvalue weighted by molar-refractivity contribution is 9.10. The molecular weight excluding hydrogens is 582 g/mol. The lowest BCUT2D eigenvalue weighted by Crippen LogP contribution is -2.39. The molecule has 2 aromatic heterocycles. The second-order valence-corrected chi connectivity index (χ2v) is 11.9. The van der Waals surface area contributed by atoms with Crippen molar-refractivity contribution in [2.75, 3.05) is 5.32 Å². The number of rotatable bonds is 7. The van der Waals surface area contributed by atoms with Gasteiger partial charge < -0.3 is 5.32 Å². The molecular formula is C36H32BrN5. The van der Waals surface area contributed by atoms with Gasteiger partial charge in [-0.3, -0.25) is 0 Å². The number of aromatic nitrogens is 4. The number of nitrogens with zero attached hydrogens (tertiary/aromatic N) is 4. The maximum absolute atomic E-state index is 5.46. The molecule has 1 aliphatic rings. The van der Waals surface area contributed by atoms with Crippen LogP contribution >= 0.6 is 15.9 Å². The minimum absolute atomic E-state index is 0.388. The monoisotopic (exact) mass is 613 g/mol. The lowest BCUT2D eigenvalue weighted by molar-refractivity contribution is 0.460. The van der Waals surface area contributed by atoms with Crippen LogP contribution in [0.25, 0.3) is 22.3 Å². The van der Waals surface area contributed by atoms with Gasteiger partial charge >= 0.3 is 0 Å². The molecule has 0 spiro atoms. The van der Waals surface area contributed by atoms with E-state index in [-0.39, 0.29) is 0 Å². The SMILES string of the molecule is Brc1cccc(-c2nn(C(c3ccccc3)(c3ccccc3)c3ccccc3)c3nc(NC4CCCCC4)ncc23)c1. The van der Waals surface area contributed by atoms with E-state index in [9.17, 15) is 0 Å². The molecule has 0 amide bonds. The van der Waals surface area contributed by atoms with Crippen LogP contribution in [-0.4, -0.2) is 25.8 Å². The van der Waals surface area contributed by atoms with E-state index in [4.69, 9.17) is 15.1 Å². The Labute approximate surface area is 254 Å². The van der Waals surface area contributed by atoms with Crippen LogP contribution in [0.5, 0.6) is 0 Å². The Morgan fingerprint density at radius 1 is 0.714 bits per heavy atom. The van der Waals surface area contributed by atoms with Crippen LogP contribution < -0.4 is 5.32 Å². The highest BCUT2D eigenvalue weighted by atomic mass is 79.9. The van der Waals surface area contributed by atoms with E-state index >= 15 is 0 Å². The van der Waals surface area contributed by atoms with Gasteiger partial charge in [0.2, 0.25) is 5.95 Å². The molecule has 1 saturated carbocycles. The molecule has 42 heavy (non-hydrogen) atoms. The fourth-order valence-electron chi connectivity index (χ4n) is 6.39. The molecule has 208 valence electrons. The number of hydrogen-bond acceptors (Lipinski definition) is 4. The minimum atomic E-state index is -0.789. The Morgan fingerprint density at radius 2 is 1.31 bits per heavy atom. The molecule has 0 atom stereocenters. The van der Waals surface area contributed by atoms with Crippen LogP contribution in [-0.2, 0) is 5.54 Å². The number of anilines is 1. The van der Waals surface area contributed by atoms with Crippen molar-refractivity contribution in [3.05, 3.63) is 143 Å². The van der Waals surface area contributed by atoms with Crippen LogP contribution in [0, 0.1) is 0 Å². The minimum Gasteiger partial charge on any atom is -0.351 e. The number of benzene rings is 4. The summed E-state index contributed by atoms with van der Waals surface area (Å²) in [6.45, 7) is 0. The fourth-order valence-corrected chi connectivity index (χ4v) is 6.79. The van der Waals surface area contributed by atoms with E-state index in [1.54, 1.807) is 0 Å². The van der Waals surface area contributed by atoms with Crippen molar-refractivity contribution >= 4 is 32.9 Å². The van der Waals surface area contributed by atoms with Crippen molar-refractivity contribution < 1.29 is 0 Å². The second kappa shape index (κ2) is 11.5. The first kappa shape index (κ1) is 26.6. The summed E-state index contributed by atoms with van der Waals surface area (Å²) < 4.78 is 3.13. The summed E-state index contributed by atoms with van der Waals surface area (Å²) in [6.07, 6.45) is 8.01. The number of fused-ring (bicyclic) bond motifs is 1. The first-order valence-corrected chi connectivity index (χ1v) is 15.5. The normalized spacial score (nSPS) is 14.2. The van der Waals surface area contributed by atoms with Crippen molar-refractivity contribution in [2.45, 2.75) is 43.7 Å². The number of nitrogens with one attached hydrogen (secondary N) is 1. The quantitative estimate of drug-likeness (QED) is 0.183. The van der Waals surface area contributed by atoms with Crippen molar-refractivity contribution in [3.63, 3.8) is 0 Å². The van der Waals surface area contributed by atoms with Crippen LogP contribution in [0.1, 0.15) is 48.8 Å². The van der Waals surface area contributed by atoms with Crippen molar-refractivity contribution in [1.82, 2.24) is 19.7 Å². The molecule has 0 saturated heterocycles. The summed E-state index contributed by atoms with van der Waals surface area (Å²) in [5, 5.41) is 10.0. The van der Waals surface area contributed by atoms with Gasteiger partial charge in [0, 0.05) is 22.3 Å². The van der Waals surface area contributed by atoms with Crippen LogP contribution in [0.3, 0.4) is 0 Å². The Balaban J connectivity index is 1.56. The summed E-state index contributed by atoms with van der Waals surface area (Å²) in [5.74, 6) is 0.652. The Kier molecular flexibility index (Phi) is 7.30. The van der Waals surface area contributed by atoms with Gasteiger partial charge in [-0.05, 0) is 41.7 Å². The summed E-state index contributed by atoms with van der Waals surface area (Å²) >= 11 is 3.67. The standard InChI is InChI=1S/C36H32BrN5/c37-30-21-13-14-26(24-30)33-32-25-38-35(39-31-22-11-4-12-23-31)40-34(32)42(41-33)36(27-15-5-1-6-16-27,28-17-7-2-8-18-28)29-19-9-3-10-20-29/h1-3,5-10,13-21,24-25,31H,4,11-12,22-23H2,(H,38,39,40). The van der Waals surface area contributed by atoms with E-state index in [1.807, 2.05) is 18.3 Å². The fraction of sp³-hybridized carbons (Fsp3) is 0.194. The Bertz CT molecular complexity index is 1700. The molecule has 1 aliphatic carbocycles. The largest absolute Gasteiger partial charge is 0.351 e. The maximum Gasteiger partial charge on any atom is 0.224 e. The first-order valence-electron chi connectivity index (χ1n) is 14.7. The molecule has 4 aromatic carbocycles. The lowest BCUT2D eigenvalue weighted by Gasteiger charge is -2.36. The van der Waals surface area contributed by atoms with Crippen molar-refractivity contribution in [2.24, 2.45) is 0 Å². The van der Waals surface area contributed by atoms with Crippen molar-refractivity contribution in [3.8, 4) is 11.3 Å². The van der Waals surface area contributed by atoms with Gasteiger partial charge in [-0.1, -0.05) is 138 Å². The molecule has 2 heterocycles. The molecule has 0 aliphatic heterocycles. The molecule has 0 unspecified atom stereocenters. The highest BCUT2D eigenvalue weighted by Gasteiger charge is 2.41. The number of halogens is 1. The van der Waals surface area contributed by atoms with E-state index in [2.05, 4.69) is 129 Å². The smallest absolute Gasteiger partial charge is 0.224 e. The lowest BCUT2D eigenvalue weighted by atomic mass is 9.77. The van der Waals surface area contributed by atoms with E-state index in [1.165, 1.54) is 19.3 Å². The van der Waals surface area contributed by atoms with Gasteiger partial charge in [0.15, 0.2) is 5.65 Å². The van der Waals surface area contributed by atoms with Gasteiger partial charge in [0.1, 0.15) is 11.2 Å². The average molecular weight is 615 g/mol. The van der Waals surface area contributed by atoms with E-state index < -0.39 is 5.54 Å². The molecule has 6 aromatic rings. The van der Waals surface area contributed by atoms with Gasteiger partial charge in [0.25, 0.3) is 0 Å². The molecule has 6 heteroatoms. The van der Waals surface area contributed by atoms with Gasteiger partial charge in [-0.25, -0.2) is 9.67 Å². The molecule has 1 fully saturated rings. The van der Waals surface area contributed by atoms with Gasteiger partial charge in [0.05, 0.1) is 5.39 Å². The summed E-state index contributed by atoms with van der Waals surface area (Å²) in [7, 11) is 0. The summed E-state index contributed by atoms with van der Waals surface area (Å²) in [4.78, 5) is 10.1. The summed E-state index contributed by atoms with van der Waals surface area (Å²) in [6, 6.07) is 40.6. The third-order valence-corrected chi connectivity index (χ3v) is 8.85. The van der Waals surface area contributed by atoms with Crippen LogP contribution in [0.15, 0.2) is 126 Å². The predicted octanol–water partition coefficient (Wildman–Crippen LogP) is 8.84. The van der Waals surface area contributed by atoms with Crippen LogP contribution in [0.4, 0.5) is 5.95 Å². The molecule has 0 bridgehead atoms. The maximum atomic E-state index is 5.46. The van der Waals surface area contributed by atoms with Gasteiger partial charge in [-0.15, -0.1) is 0 Å². The molecule has 0 radical (unpaired) electrons. The number of hydrogen-bond donors (Lipinski definition) is 1. The highest BCUT2D eigenvalue weighted by Crippen LogP contribution is 2.43. The zero-order chi connectivity index (χ0) is 28.4. The van der Waals surface area contributed by atoms with Crippen LogP contribution in [0.2, 0.25) is 0 Å². The third kappa shape index (κ3) is 4.80. The molecule has 7 rings (SSSR count). The third-order valence-electron chi connectivity index (χ3n) is 8.35. The topological polar surface area (TPSA) is 55.6 Å². The zero-order valence-corrected chi connectivity index (χ0v) is 24.9. The molecule has 1 N–H and O–H groups in total.